The summed E-state index contributed by atoms with van der Waals surface area (Å²) in [4.78, 5) is 23.5. The molecule has 1 heterocycles. The summed E-state index contributed by atoms with van der Waals surface area (Å²) >= 11 is 1.47. The zero-order valence-electron chi connectivity index (χ0n) is 17.1. The van der Waals surface area contributed by atoms with E-state index in [9.17, 15) is 14.9 Å². The first kappa shape index (κ1) is 22.7. The Morgan fingerprint density at radius 3 is 2.48 bits per heavy atom. The van der Waals surface area contributed by atoms with Crippen LogP contribution in [0.15, 0.2) is 47.4 Å². The van der Waals surface area contributed by atoms with Crippen molar-refractivity contribution in [3.63, 3.8) is 0 Å². The Morgan fingerprint density at radius 2 is 1.83 bits per heavy atom. The number of amides is 1. The molecule has 7 heteroatoms. The van der Waals surface area contributed by atoms with E-state index in [0.29, 0.717) is 12.2 Å². The van der Waals surface area contributed by atoms with Crippen molar-refractivity contribution in [3.05, 3.63) is 63.7 Å². The van der Waals surface area contributed by atoms with Crippen LogP contribution in [0.2, 0.25) is 0 Å². The number of hydrogen-bond acceptors (Lipinski definition) is 5. The Balaban J connectivity index is 0.00000145. The van der Waals surface area contributed by atoms with E-state index in [2.05, 4.69) is 12.2 Å². The number of non-ortho nitro benzene ring substituents is 1. The third kappa shape index (κ3) is 6.22. The SMILES string of the molecule is CC.CCCCCCOc1ccc(C2NC(=O)c3cc([N+](=O)[O-])ccc3S2)cc1. The lowest BCUT2D eigenvalue weighted by Gasteiger charge is -2.25. The minimum Gasteiger partial charge on any atom is -0.494 e. The summed E-state index contributed by atoms with van der Waals surface area (Å²) in [5, 5.41) is 13.6. The van der Waals surface area contributed by atoms with Gasteiger partial charge in [0.2, 0.25) is 0 Å². The van der Waals surface area contributed by atoms with Crippen LogP contribution in [0.1, 0.15) is 67.7 Å². The summed E-state index contributed by atoms with van der Waals surface area (Å²) in [5.41, 5.74) is 1.22. The highest BCUT2D eigenvalue weighted by Gasteiger charge is 2.27. The third-order valence-electron chi connectivity index (χ3n) is 4.38. The summed E-state index contributed by atoms with van der Waals surface area (Å²) in [6, 6.07) is 12.1. The fraction of sp³-hybridized carbons (Fsp3) is 0.409. The number of unbranched alkanes of at least 4 members (excludes halogenated alkanes) is 3. The number of ether oxygens (including phenoxy) is 1. The number of nitrogens with one attached hydrogen (secondary N) is 1. The van der Waals surface area contributed by atoms with Crippen LogP contribution in [-0.2, 0) is 0 Å². The van der Waals surface area contributed by atoms with Crippen LogP contribution in [0.5, 0.6) is 5.75 Å². The van der Waals surface area contributed by atoms with Crippen LogP contribution < -0.4 is 10.1 Å². The number of hydrogen-bond donors (Lipinski definition) is 1. The van der Waals surface area contributed by atoms with Crippen molar-refractivity contribution < 1.29 is 14.5 Å². The lowest BCUT2D eigenvalue weighted by Crippen LogP contribution is -2.30. The van der Waals surface area contributed by atoms with Gasteiger partial charge < -0.3 is 10.1 Å². The van der Waals surface area contributed by atoms with Gasteiger partial charge in [-0.05, 0) is 30.2 Å². The maximum atomic E-state index is 12.4. The van der Waals surface area contributed by atoms with Crippen LogP contribution in [0.3, 0.4) is 0 Å². The number of nitro groups is 1. The molecule has 1 amide bonds. The second-order valence-corrected chi connectivity index (χ2v) is 7.53. The maximum Gasteiger partial charge on any atom is 0.270 e. The Morgan fingerprint density at radius 1 is 1.10 bits per heavy atom. The first-order chi connectivity index (χ1) is 14.1. The first-order valence-electron chi connectivity index (χ1n) is 10.1. The van der Waals surface area contributed by atoms with E-state index >= 15 is 0 Å². The van der Waals surface area contributed by atoms with E-state index in [4.69, 9.17) is 4.74 Å². The predicted octanol–water partition coefficient (Wildman–Crippen LogP) is 6.11. The molecule has 29 heavy (non-hydrogen) atoms. The topological polar surface area (TPSA) is 81.5 Å². The van der Waals surface area contributed by atoms with Crippen molar-refractivity contribution in [1.82, 2.24) is 5.32 Å². The minimum absolute atomic E-state index is 0.0802. The molecular weight excluding hydrogens is 388 g/mol. The molecule has 0 aliphatic carbocycles. The molecule has 2 aromatic carbocycles. The molecule has 3 rings (SSSR count). The van der Waals surface area contributed by atoms with Gasteiger partial charge in [-0.1, -0.05) is 63.9 Å². The Kier molecular flexibility index (Phi) is 8.99. The average molecular weight is 417 g/mol. The number of carbonyl (C=O) groups excluding carboxylic acids is 1. The van der Waals surface area contributed by atoms with Crippen LogP contribution >= 0.6 is 11.8 Å². The highest BCUT2D eigenvalue weighted by Crippen LogP contribution is 2.40. The number of nitrogens with zero attached hydrogens (tertiary/aromatic N) is 1. The van der Waals surface area contributed by atoms with E-state index in [1.54, 1.807) is 6.07 Å². The molecular formula is C22H28N2O4S. The molecule has 0 radical (unpaired) electrons. The van der Waals surface area contributed by atoms with Gasteiger partial charge in [-0.15, -0.1) is 0 Å². The lowest BCUT2D eigenvalue weighted by atomic mass is 10.1. The maximum absolute atomic E-state index is 12.4. The number of rotatable bonds is 8. The van der Waals surface area contributed by atoms with Crippen molar-refractivity contribution in [2.24, 2.45) is 0 Å². The average Bonchev–Trinajstić information content (AvgIpc) is 2.75. The summed E-state index contributed by atoms with van der Waals surface area (Å²) in [6.07, 6.45) is 4.66. The monoisotopic (exact) mass is 416 g/mol. The molecule has 0 bridgehead atoms. The summed E-state index contributed by atoms with van der Waals surface area (Å²) < 4.78 is 5.75. The summed E-state index contributed by atoms with van der Waals surface area (Å²) in [6.45, 7) is 6.89. The number of benzene rings is 2. The van der Waals surface area contributed by atoms with Crippen molar-refractivity contribution in [1.29, 1.82) is 0 Å². The van der Waals surface area contributed by atoms with Crippen LogP contribution in [0.4, 0.5) is 5.69 Å². The van der Waals surface area contributed by atoms with Gasteiger partial charge in [0.25, 0.3) is 11.6 Å². The number of nitro benzene ring substituents is 1. The molecule has 156 valence electrons. The molecule has 0 spiro atoms. The van der Waals surface area contributed by atoms with E-state index in [-0.39, 0.29) is 17.0 Å². The smallest absolute Gasteiger partial charge is 0.270 e. The van der Waals surface area contributed by atoms with E-state index in [1.165, 1.54) is 43.2 Å². The van der Waals surface area contributed by atoms with E-state index < -0.39 is 4.92 Å². The van der Waals surface area contributed by atoms with Crippen LogP contribution in [0.25, 0.3) is 0 Å². The fourth-order valence-corrected chi connectivity index (χ4v) is 4.01. The molecule has 2 aromatic rings. The first-order valence-corrected chi connectivity index (χ1v) is 10.9. The third-order valence-corrected chi connectivity index (χ3v) is 5.61. The van der Waals surface area contributed by atoms with Gasteiger partial charge in [0, 0.05) is 17.0 Å². The zero-order valence-corrected chi connectivity index (χ0v) is 18.0. The highest BCUT2D eigenvalue weighted by atomic mass is 32.2. The summed E-state index contributed by atoms with van der Waals surface area (Å²) in [5.74, 6) is 0.520. The molecule has 0 aromatic heterocycles. The van der Waals surface area contributed by atoms with Crippen molar-refractivity contribution in [2.75, 3.05) is 6.61 Å². The fourth-order valence-electron chi connectivity index (χ4n) is 2.87. The van der Waals surface area contributed by atoms with Gasteiger partial charge in [-0.2, -0.15) is 0 Å². The number of carbonyl (C=O) groups is 1. The number of thioether (sulfide) groups is 1. The molecule has 0 fully saturated rings. The van der Waals surface area contributed by atoms with Crippen molar-refractivity contribution in [2.45, 2.75) is 56.7 Å². The molecule has 1 N–H and O–H groups in total. The predicted molar refractivity (Wildman–Crippen MR) is 117 cm³/mol. The quantitative estimate of drug-likeness (QED) is 0.319. The second kappa shape index (κ2) is 11.5. The molecule has 1 aliphatic rings. The zero-order chi connectivity index (χ0) is 21.2. The van der Waals surface area contributed by atoms with Crippen LogP contribution in [-0.4, -0.2) is 17.4 Å². The minimum atomic E-state index is -0.495. The standard InChI is InChI=1S/C20H22N2O4S.C2H6/c1-2-3-4-5-12-26-16-9-6-14(7-10-16)20-21-19(23)17-13-15(22(24)25)8-11-18(17)27-20;1-2/h6-11,13,20H,2-5,12H2,1H3,(H,21,23);1-2H3. The second-order valence-electron chi connectivity index (χ2n) is 6.39. The highest BCUT2D eigenvalue weighted by molar-refractivity contribution is 7.99. The van der Waals surface area contributed by atoms with Crippen LogP contribution in [0, 0.1) is 10.1 Å². The summed E-state index contributed by atoms with van der Waals surface area (Å²) in [7, 11) is 0. The van der Waals surface area contributed by atoms with Crippen molar-refractivity contribution >= 4 is 23.4 Å². The van der Waals surface area contributed by atoms with Gasteiger partial charge in [-0.3, -0.25) is 14.9 Å². The van der Waals surface area contributed by atoms with Gasteiger partial charge in [0.1, 0.15) is 11.1 Å². The lowest BCUT2D eigenvalue weighted by molar-refractivity contribution is -0.384. The van der Waals surface area contributed by atoms with Gasteiger partial charge in [0.15, 0.2) is 0 Å². The molecule has 0 saturated heterocycles. The largest absolute Gasteiger partial charge is 0.494 e. The van der Waals surface area contributed by atoms with Crippen molar-refractivity contribution in [3.8, 4) is 5.75 Å². The molecule has 6 nitrogen and oxygen atoms in total. The molecule has 1 aliphatic heterocycles. The Labute approximate surface area is 176 Å². The molecule has 1 unspecified atom stereocenters. The number of fused-ring (bicyclic) bond motifs is 1. The normalized spacial score (nSPS) is 14.9. The van der Waals surface area contributed by atoms with Gasteiger partial charge in [-0.25, -0.2) is 0 Å². The molecule has 1 atom stereocenters. The van der Waals surface area contributed by atoms with Gasteiger partial charge >= 0.3 is 0 Å². The molecule has 0 saturated carbocycles. The van der Waals surface area contributed by atoms with E-state index in [1.807, 2.05) is 38.1 Å². The Bertz CT molecular complexity index is 824. The van der Waals surface area contributed by atoms with E-state index in [0.717, 1.165) is 22.6 Å². The Hall–Kier alpha value is -2.54. The van der Waals surface area contributed by atoms with Gasteiger partial charge in [0.05, 0.1) is 17.1 Å².